The summed E-state index contributed by atoms with van der Waals surface area (Å²) >= 11 is 1.38. The van der Waals surface area contributed by atoms with Gasteiger partial charge in [-0.15, -0.1) is 11.3 Å². The summed E-state index contributed by atoms with van der Waals surface area (Å²) < 4.78 is 10.3. The van der Waals surface area contributed by atoms with Crippen LogP contribution < -0.4 is 5.32 Å². The highest BCUT2D eigenvalue weighted by atomic mass is 32.1. The molecule has 154 valence electrons. The van der Waals surface area contributed by atoms with E-state index in [-0.39, 0.29) is 12.3 Å². The van der Waals surface area contributed by atoms with Crippen LogP contribution in [0.1, 0.15) is 44.6 Å². The number of hydrogen-bond acceptors (Lipinski definition) is 7. The summed E-state index contributed by atoms with van der Waals surface area (Å²) in [5, 5.41) is 4.05. The largest absolute Gasteiger partial charge is 0.462 e. The van der Waals surface area contributed by atoms with Gasteiger partial charge in [0.05, 0.1) is 17.7 Å². The highest BCUT2D eigenvalue weighted by molar-refractivity contribution is 7.17. The molecule has 30 heavy (non-hydrogen) atoms. The number of pyridine rings is 1. The molecule has 0 spiro atoms. The van der Waals surface area contributed by atoms with Crippen LogP contribution in [0.2, 0.25) is 0 Å². The number of fused-ring (bicyclic) bond motifs is 2. The Morgan fingerprint density at radius 2 is 1.90 bits per heavy atom. The van der Waals surface area contributed by atoms with Crippen molar-refractivity contribution >= 4 is 45.1 Å². The summed E-state index contributed by atoms with van der Waals surface area (Å²) in [6.45, 7) is 1.52. The minimum Gasteiger partial charge on any atom is -0.462 e. The van der Waals surface area contributed by atoms with Gasteiger partial charge in [-0.3, -0.25) is 4.79 Å². The molecule has 7 nitrogen and oxygen atoms in total. The van der Waals surface area contributed by atoms with E-state index in [4.69, 9.17) is 9.47 Å². The number of nitrogens with zero attached hydrogens (tertiary/aromatic N) is 1. The normalized spacial score (nSPS) is 12.4. The topological polar surface area (TPSA) is 94.6 Å². The molecule has 0 fully saturated rings. The Kier molecular flexibility index (Phi) is 5.76. The van der Waals surface area contributed by atoms with Crippen LogP contribution in [-0.2, 0) is 27.1 Å². The molecule has 3 aromatic rings. The van der Waals surface area contributed by atoms with Gasteiger partial charge >= 0.3 is 11.9 Å². The number of carbonyl (C=O) groups excluding carboxylic acids is 3. The molecule has 2 heterocycles. The molecule has 1 aliphatic carbocycles. The molecule has 1 aromatic carbocycles. The number of amides is 1. The van der Waals surface area contributed by atoms with Crippen LogP contribution in [0.5, 0.6) is 0 Å². The van der Waals surface area contributed by atoms with Crippen LogP contribution in [0.25, 0.3) is 10.9 Å². The lowest BCUT2D eigenvalue weighted by atomic mass is 10.1. The number of nitrogens with one attached hydrogen (secondary N) is 1. The standard InChI is InChI=1S/C22H20N2O5S/c1-2-28-22(27)19-14-7-5-9-17(14)30-20(19)24-18(25)12-29-21(26)16-11-10-13-6-3-4-8-15(13)23-16/h3-4,6,8,10-11H,2,5,7,9,12H2,1H3,(H,24,25). The van der Waals surface area contributed by atoms with E-state index in [1.807, 2.05) is 18.2 Å². The third-order valence-corrected chi connectivity index (χ3v) is 6.00. The third-order valence-electron chi connectivity index (χ3n) is 4.80. The summed E-state index contributed by atoms with van der Waals surface area (Å²) in [5.41, 5.74) is 2.17. The van der Waals surface area contributed by atoms with E-state index in [0.717, 1.165) is 35.1 Å². The number of ether oxygens (including phenoxy) is 2. The monoisotopic (exact) mass is 424 g/mol. The Bertz CT molecular complexity index is 1140. The maximum Gasteiger partial charge on any atom is 0.357 e. The van der Waals surface area contributed by atoms with E-state index in [1.54, 1.807) is 25.1 Å². The number of benzene rings is 1. The van der Waals surface area contributed by atoms with Crippen molar-refractivity contribution in [3.8, 4) is 0 Å². The first-order valence-corrected chi connectivity index (χ1v) is 10.5. The van der Waals surface area contributed by atoms with E-state index >= 15 is 0 Å². The Hall–Kier alpha value is -3.26. The van der Waals surface area contributed by atoms with Crippen molar-refractivity contribution in [2.45, 2.75) is 26.2 Å². The number of thiophene rings is 1. The second kappa shape index (κ2) is 8.62. The van der Waals surface area contributed by atoms with Gasteiger partial charge in [-0.1, -0.05) is 24.3 Å². The van der Waals surface area contributed by atoms with Crippen LogP contribution in [0.3, 0.4) is 0 Å². The fourth-order valence-electron chi connectivity index (χ4n) is 3.46. The molecule has 0 aliphatic heterocycles. The Labute approximate surface area is 177 Å². The molecule has 0 atom stereocenters. The van der Waals surface area contributed by atoms with Crippen molar-refractivity contribution < 1.29 is 23.9 Å². The van der Waals surface area contributed by atoms with Crippen molar-refractivity contribution in [2.24, 2.45) is 0 Å². The van der Waals surface area contributed by atoms with E-state index < -0.39 is 24.5 Å². The molecule has 0 radical (unpaired) electrons. The number of carbonyl (C=O) groups is 3. The van der Waals surface area contributed by atoms with Gasteiger partial charge in [0.25, 0.3) is 5.91 Å². The average Bonchev–Trinajstić information content (AvgIpc) is 3.32. The first-order valence-electron chi connectivity index (χ1n) is 9.71. The van der Waals surface area contributed by atoms with E-state index in [2.05, 4.69) is 10.3 Å². The smallest absolute Gasteiger partial charge is 0.357 e. The Morgan fingerprint density at radius 3 is 2.73 bits per heavy atom. The van der Waals surface area contributed by atoms with Gasteiger partial charge in [0.15, 0.2) is 6.61 Å². The molecular formula is C22H20N2O5S. The second-order valence-electron chi connectivity index (χ2n) is 6.80. The van der Waals surface area contributed by atoms with E-state index in [1.165, 1.54) is 11.3 Å². The first-order chi connectivity index (χ1) is 14.6. The molecule has 0 saturated carbocycles. The van der Waals surface area contributed by atoms with Crippen LogP contribution in [0.4, 0.5) is 5.00 Å². The third kappa shape index (κ3) is 4.04. The SMILES string of the molecule is CCOC(=O)c1c(NC(=O)COC(=O)c2ccc3ccccc3n2)sc2c1CCC2. The van der Waals surface area contributed by atoms with Gasteiger partial charge < -0.3 is 14.8 Å². The summed E-state index contributed by atoms with van der Waals surface area (Å²) in [6.07, 6.45) is 2.65. The van der Waals surface area contributed by atoms with Gasteiger partial charge in [-0.25, -0.2) is 14.6 Å². The van der Waals surface area contributed by atoms with Crippen molar-refractivity contribution in [3.05, 3.63) is 58.1 Å². The lowest BCUT2D eigenvalue weighted by Crippen LogP contribution is -2.22. The van der Waals surface area contributed by atoms with Crippen LogP contribution >= 0.6 is 11.3 Å². The van der Waals surface area contributed by atoms with Crippen LogP contribution in [0.15, 0.2) is 36.4 Å². The predicted molar refractivity (Wildman–Crippen MR) is 113 cm³/mol. The number of rotatable bonds is 6. The van der Waals surface area contributed by atoms with Gasteiger partial charge in [-0.2, -0.15) is 0 Å². The number of aromatic nitrogens is 1. The van der Waals surface area contributed by atoms with Crippen LogP contribution in [0, 0.1) is 0 Å². The van der Waals surface area contributed by atoms with Gasteiger partial charge in [-0.05, 0) is 43.9 Å². The average molecular weight is 424 g/mol. The minimum atomic E-state index is -0.685. The fraction of sp³-hybridized carbons (Fsp3) is 0.273. The highest BCUT2D eigenvalue weighted by Gasteiger charge is 2.28. The lowest BCUT2D eigenvalue weighted by Gasteiger charge is -2.08. The zero-order chi connectivity index (χ0) is 21.1. The van der Waals surface area contributed by atoms with Gasteiger partial charge in [0, 0.05) is 10.3 Å². The minimum absolute atomic E-state index is 0.129. The molecule has 2 aromatic heterocycles. The predicted octanol–water partition coefficient (Wildman–Crippen LogP) is 3.76. The van der Waals surface area contributed by atoms with E-state index in [9.17, 15) is 14.4 Å². The van der Waals surface area contributed by atoms with Gasteiger partial charge in [0.1, 0.15) is 10.7 Å². The van der Waals surface area contributed by atoms with E-state index in [0.29, 0.717) is 16.1 Å². The molecule has 0 unspecified atom stereocenters. The molecule has 0 bridgehead atoms. The van der Waals surface area contributed by atoms with Gasteiger partial charge in [0.2, 0.25) is 0 Å². The Morgan fingerprint density at radius 1 is 1.07 bits per heavy atom. The van der Waals surface area contributed by atoms with Crippen molar-refractivity contribution in [2.75, 3.05) is 18.5 Å². The maximum atomic E-state index is 12.4. The summed E-state index contributed by atoms with van der Waals surface area (Å²) in [7, 11) is 0. The molecule has 4 rings (SSSR count). The second-order valence-corrected chi connectivity index (χ2v) is 7.90. The van der Waals surface area contributed by atoms with Crippen molar-refractivity contribution in [1.82, 2.24) is 4.98 Å². The zero-order valence-electron chi connectivity index (χ0n) is 16.4. The first kappa shape index (κ1) is 20.0. The number of para-hydroxylation sites is 1. The van der Waals surface area contributed by atoms with Crippen molar-refractivity contribution in [1.29, 1.82) is 0 Å². The summed E-state index contributed by atoms with van der Waals surface area (Å²) in [5.74, 6) is -1.64. The molecule has 8 heteroatoms. The summed E-state index contributed by atoms with van der Waals surface area (Å²) in [6, 6.07) is 10.7. The Balaban J connectivity index is 1.42. The fourth-order valence-corrected chi connectivity index (χ4v) is 4.75. The summed E-state index contributed by atoms with van der Waals surface area (Å²) in [4.78, 5) is 42.4. The maximum absolute atomic E-state index is 12.4. The molecule has 0 saturated heterocycles. The molecular weight excluding hydrogens is 404 g/mol. The zero-order valence-corrected chi connectivity index (χ0v) is 17.2. The molecule has 1 N–H and O–H groups in total. The van der Waals surface area contributed by atoms with Crippen LogP contribution in [-0.4, -0.2) is 36.0 Å². The molecule has 1 aliphatic rings. The quantitative estimate of drug-likeness (QED) is 0.606. The van der Waals surface area contributed by atoms with Crippen molar-refractivity contribution in [3.63, 3.8) is 0 Å². The molecule has 1 amide bonds. The highest BCUT2D eigenvalue weighted by Crippen LogP contribution is 2.39. The number of hydrogen-bond donors (Lipinski definition) is 1. The number of anilines is 1. The number of aryl methyl sites for hydroxylation is 1. The number of esters is 2. The lowest BCUT2D eigenvalue weighted by molar-refractivity contribution is -0.119.